The van der Waals surface area contributed by atoms with Crippen molar-refractivity contribution in [2.45, 2.75) is 46.1 Å². The molecule has 0 radical (unpaired) electrons. The van der Waals surface area contributed by atoms with Crippen molar-refractivity contribution in [3.63, 3.8) is 0 Å². The van der Waals surface area contributed by atoms with Gasteiger partial charge in [-0.1, -0.05) is 20.8 Å². The Morgan fingerprint density at radius 1 is 1.06 bits per heavy atom. The summed E-state index contributed by atoms with van der Waals surface area (Å²) < 4.78 is 4.92. The van der Waals surface area contributed by atoms with Crippen molar-refractivity contribution in [3.8, 4) is 0 Å². The van der Waals surface area contributed by atoms with E-state index < -0.39 is 0 Å². The summed E-state index contributed by atoms with van der Waals surface area (Å²) in [6.07, 6.45) is 3.95. The molecule has 4 atom stereocenters. The first-order valence-electron chi connectivity index (χ1n) is 7.33. The highest BCUT2D eigenvalue weighted by Gasteiger charge is 2.39. The molecule has 1 aliphatic carbocycles. The van der Waals surface area contributed by atoms with E-state index in [2.05, 4.69) is 25.7 Å². The van der Waals surface area contributed by atoms with Gasteiger partial charge < -0.3 is 4.74 Å². The molecule has 0 spiro atoms. The summed E-state index contributed by atoms with van der Waals surface area (Å²) in [5, 5.41) is 0. The van der Waals surface area contributed by atoms with Crippen molar-refractivity contribution in [3.05, 3.63) is 0 Å². The first kappa shape index (κ1) is 13.9. The van der Waals surface area contributed by atoms with Gasteiger partial charge >= 0.3 is 5.97 Å². The fourth-order valence-corrected chi connectivity index (χ4v) is 3.96. The number of ether oxygens (including phenoxy) is 1. The Bertz CT molecular complexity index is 295. The Hall–Kier alpha value is -0.570. The third kappa shape index (κ3) is 2.87. The van der Waals surface area contributed by atoms with Crippen molar-refractivity contribution < 1.29 is 9.53 Å². The van der Waals surface area contributed by atoms with Gasteiger partial charge in [0.25, 0.3) is 0 Å². The standard InChI is InChI=1S/C15H27NO2/c1-10-5-11(2)7-13(6-10)16-8-12(3)14(9-16)15(17)18-4/h10-14H,5-9H2,1-4H3. The molecule has 1 aliphatic heterocycles. The topological polar surface area (TPSA) is 29.5 Å². The zero-order chi connectivity index (χ0) is 13.3. The smallest absolute Gasteiger partial charge is 0.310 e. The van der Waals surface area contributed by atoms with Gasteiger partial charge in [0.2, 0.25) is 0 Å². The molecule has 0 N–H and O–H groups in total. The van der Waals surface area contributed by atoms with Crippen molar-refractivity contribution in [1.82, 2.24) is 4.90 Å². The summed E-state index contributed by atoms with van der Waals surface area (Å²) in [5.41, 5.74) is 0. The number of methoxy groups -OCH3 is 1. The number of carbonyl (C=O) groups is 1. The molecule has 2 aliphatic rings. The second-order valence-electron chi connectivity index (χ2n) is 6.63. The molecule has 0 aromatic heterocycles. The molecule has 4 unspecified atom stereocenters. The average Bonchev–Trinajstić information content (AvgIpc) is 2.69. The summed E-state index contributed by atoms with van der Waals surface area (Å²) >= 11 is 0. The van der Waals surface area contributed by atoms with Crippen LogP contribution in [0.25, 0.3) is 0 Å². The maximum absolute atomic E-state index is 11.7. The number of hydrogen-bond donors (Lipinski definition) is 0. The van der Waals surface area contributed by atoms with Gasteiger partial charge in [-0.15, -0.1) is 0 Å². The summed E-state index contributed by atoms with van der Waals surface area (Å²) in [6, 6.07) is 0.681. The van der Waals surface area contributed by atoms with Gasteiger partial charge in [0, 0.05) is 19.1 Å². The zero-order valence-corrected chi connectivity index (χ0v) is 12.2. The molecular formula is C15H27NO2. The molecule has 0 aromatic rings. The molecule has 18 heavy (non-hydrogen) atoms. The van der Waals surface area contributed by atoms with Gasteiger partial charge in [-0.3, -0.25) is 9.69 Å². The van der Waals surface area contributed by atoms with Crippen molar-refractivity contribution in [2.24, 2.45) is 23.7 Å². The van der Waals surface area contributed by atoms with Gasteiger partial charge in [-0.05, 0) is 37.0 Å². The van der Waals surface area contributed by atoms with Crippen molar-refractivity contribution in [2.75, 3.05) is 20.2 Å². The van der Waals surface area contributed by atoms with E-state index in [1.807, 2.05) is 0 Å². The molecule has 1 heterocycles. The molecule has 3 heteroatoms. The van der Waals surface area contributed by atoms with E-state index in [1.54, 1.807) is 0 Å². The van der Waals surface area contributed by atoms with E-state index in [4.69, 9.17) is 4.74 Å². The minimum absolute atomic E-state index is 0.0260. The molecule has 104 valence electrons. The molecule has 0 aromatic carbocycles. The summed E-state index contributed by atoms with van der Waals surface area (Å²) in [6.45, 7) is 8.86. The second-order valence-corrected chi connectivity index (χ2v) is 6.63. The van der Waals surface area contributed by atoms with E-state index in [1.165, 1.54) is 26.4 Å². The highest BCUT2D eigenvalue weighted by molar-refractivity contribution is 5.73. The molecule has 0 bridgehead atoms. The SMILES string of the molecule is COC(=O)C1CN(C2CC(C)CC(C)C2)CC1C. The van der Waals surface area contributed by atoms with Gasteiger partial charge in [0.05, 0.1) is 13.0 Å². The first-order valence-corrected chi connectivity index (χ1v) is 7.33. The Morgan fingerprint density at radius 3 is 2.22 bits per heavy atom. The fraction of sp³-hybridized carbons (Fsp3) is 0.933. The van der Waals surface area contributed by atoms with Crippen LogP contribution < -0.4 is 0 Å². The molecule has 1 saturated heterocycles. The van der Waals surface area contributed by atoms with E-state index in [9.17, 15) is 4.79 Å². The first-order chi connectivity index (χ1) is 8.51. The maximum Gasteiger partial charge on any atom is 0.310 e. The number of carbonyl (C=O) groups excluding carboxylic acids is 1. The Morgan fingerprint density at radius 2 is 1.67 bits per heavy atom. The van der Waals surface area contributed by atoms with Crippen LogP contribution in [0.2, 0.25) is 0 Å². The lowest BCUT2D eigenvalue weighted by Crippen LogP contribution is -2.39. The van der Waals surface area contributed by atoms with Gasteiger partial charge in [0.15, 0.2) is 0 Å². The summed E-state index contributed by atoms with van der Waals surface area (Å²) in [4.78, 5) is 14.3. The van der Waals surface area contributed by atoms with E-state index in [0.717, 1.165) is 24.9 Å². The Balaban J connectivity index is 1.97. The minimum atomic E-state index is -0.0260. The van der Waals surface area contributed by atoms with E-state index in [0.29, 0.717) is 12.0 Å². The second kappa shape index (κ2) is 5.60. The average molecular weight is 253 g/mol. The number of rotatable bonds is 2. The Labute approximate surface area is 111 Å². The number of hydrogen-bond acceptors (Lipinski definition) is 3. The van der Waals surface area contributed by atoms with Crippen LogP contribution >= 0.6 is 0 Å². The lowest BCUT2D eigenvalue weighted by Gasteiger charge is -2.37. The zero-order valence-electron chi connectivity index (χ0n) is 12.2. The van der Waals surface area contributed by atoms with Crippen LogP contribution in [0, 0.1) is 23.7 Å². The predicted molar refractivity (Wildman–Crippen MR) is 72.2 cm³/mol. The largest absolute Gasteiger partial charge is 0.469 e. The Kier molecular flexibility index (Phi) is 4.31. The van der Waals surface area contributed by atoms with Crippen LogP contribution in [0.5, 0.6) is 0 Å². The molecule has 2 fully saturated rings. The van der Waals surface area contributed by atoms with Crippen LogP contribution in [0.3, 0.4) is 0 Å². The monoisotopic (exact) mass is 253 g/mol. The minimum Gasteiger partial charge on any atom is -0.469 e. The van der Waals surface area contributed by atoms with Crippen molar-refractivity contribution in [1.29, 1.82) is 0 Å². The van der Waals surface area contributed by atoms with Crippen LogP contribution in [0.1, 0.15) is 40.0 Å². The summed E-state index contributed by atoms with van der Waals surface area (Å²) in [7, 11) is 1.50. The number of nitrogens with zero attached hydrogens (tertiary/aromatic N) is 1. The van der Waals surface area contributed by atoms with Crippen LogP contribution in [0.4, 0.5) is 0 Å². The highest BCUT2D eigenvalue weighted by atomic mass is 16.5. The molecular weight excluding hydrogens is 226 g/mol. The fourth-order valence-electron chi connectivity index (χ4n) is 3.96. The van der Waals surface area contributed by atoms with E-state index in [-0.39, 0.29) is 11.9 Å². The molecule has 1 saturated carbocycles. The lowest BCUT2D eigenvalue weighted by molar-refractivity contribution is -0.146. The van der Waals surface area contributed by atoms with Crippen molar-refractivity contribution >= 4 is 5.97 Å². The summed E-state index contributed by atoms with van der Waals surface area (Å²) in [5.74, 6) is 2.15. The number of esters is 1. The molecule has 0 amide bonds. The molecule has 2 rings (SSSR count). The third-order valence-corrected chi connectivity index (χ3v) is 4.81. The van der Waals surface area contributed by atoms with Gasteiger partial charge in [-0.2, -0.15) is 0 Å². The molecule has 3 nitrogen and oxygen atoms in total. The highest BCUT2D eigenvalue weighted by Crippen LogP contribution is 2.35. The normalized spacial score (nSPS) is 41.9. The van der Waals surface area contributed by atoms with Gasteiger partial charge in [-0.25, -0.2) is 0 Å². The maximum atomic E-state index is 11.7. The lowest BCUT2D eigenvalue weighted by atomic mass is 9.80. The third-order valence-electron chi connectivity index (χ3n) is 4.81. The van der Waals surface area contributed by atoms with Gasteiger partial charge in [0.1, 0.15) is 0 Å². The van der Waals surface area contributed by atoms with Crippen LogP contribution in [-0.2, 0) is 9.53 Å². The van der Waals surface area contributed by atoms with Crippen LogP contribution in [0.15, 0.2) is 0 Å². The predicted octanol–water partition coefficient (Wildman–Crippen LogP) is 2.55. The quantitative estimate of drug-likeness (QED) is 0.708. The van der Waals surface area contributed by atoms with E-state index >= 15 is 0 Å². The van der Waals surface area contributed by atoms with Crippen LogP contribution in [-0.4, -0.2) is 37.1 Å². The number of likely N-dealkylation sites (tertiary alicyclic amines) is 1.